The maximum absolute atomic E-state index is 12.7. The maximum Gasteiger partial charge on any atom is 0.274 e. The van der Waals surface area contributed by atoms with Crippen LogP contribution < -0.4 is 0 Å². The Labute approximate surface area is 164 Å². The van der Waals surface area contributed by atoms with Gasteiger partial charge in [-0.15, -0.1) is 6.58 Å². The van der Waals surface area contributed by atoms with Crippen molar-refractivity contribution >= 4 is 5.91 Å². The highest BCUT2D eigenvalue weighted by Crippen LogP contribution is 2.28. The zero-order valence-electron chi connectivity index (χ0n) is 17.9. The van der Waals surface area contributed by atoms with Crippen molar-refractivity contribution in [1.29, 1.82) is 0 Å². The second-order valence-electron chi connectivity index (χ2n) is 7.50. The Hall–Kier alpha value is -1.66. The van der Waals surface area contributed by atoms with Gasteiger partial charge in [-0.1, -0.05) is 26.8 Å². The van der Waals surface area contributed by atoms with Gasteiger partial charge in [-0.05, 0) is 38.9 Å². The van der Waals surface area contributed by atoms with Crippen molar-refractivity contribution in [2.24, 2.45) is 0 Å². The quantitative estimate of drug-likeness (QED) is 0.589. The molecule has 1 aromatic rings. The van der Waals surface area contributed by atoms with Gasteiger partial charge in [-0.2, -0.15) is 5.10 Å². The van der Waals surface area contributed by atoms with E-state index in [9.17, 15) is 4.79 Å². The van der Waals surface area contributed by atoms with Gasteiger partial charge in [0.25, 0.3) is 5.91 Å². The Morgan fingerprint density at radius 2 is 1.93 bits per heavy atom. The van der Waals surface area contributed by atoms with Gasteiger partial charge in [0.2, 0.25) is 0 Å². The van der Waals surface area contributed by atoms with Crippen LogP contribution in [-0.2, 0) is 19.4 Å². The van der Waals surface area contributed by atoms with Crippen LogP contribution in [0.1, 0.15) is 48.9 Å². The molecule has 0 aromatic carbocycles. The minimum absolute atomic E-state index is 0.000835. The number of carbonyl (C=O) groups is 1. The number of fused-ring (bicyclic) bond motifs is 1. The van der Waals surface area contributed by atoms with Gasteiger partial charge in [0.05, 0.1) is 6.54 Å². The fourth-order valence-corrected chi connectivity index (χ4v) is 4.05. The molecule has 6 nitrogen and oxygen atoms in total. The van der Waals surface area contributed by atoms with E-state index in [4.69, 9.17) is 0 Å². The topological polar surface area (TPSA) is 44.6 Å². The third kappa shape index (κ3) is 4.99. The van der Waals surface area contributed by atoms with Gasteiger partial charge in [-0.25, -0.2) is 0 Å². The Morgan fingerprint density at radius 1 is 1.22 bits per heavy atom. The summed E-state index contributed by atoms with van der Waals surface area (Å²) in [6.45, 7) is 16.6. The van der Waals surface area contributed by atoms with Crippen LogP contribution in [0.5, 0.6) is 0 Å². The van der Waals surface area contributed by atoms with Gasteiger partial charge >= 0.3 is 0 Å². The number of nitrogens with zero attached hydrogens (tertiary/aromatic N) is 5. The van der Waals surface area contributed by atoms with E-state index in [0.717, 1.165) is 57.5 Å². The SMILES string of the molecule is C=CCn1nc(C(=O)N(C)C)c2c1CC[C@H](N(CC)CCN(CC)CC)C2. The number of aromatic nitrogens is 2. The summed E-state index contributed by atoms with van der Waals surface area (Å²) < 4.78 is 1.97. The number of amides is 1. The summed E-state index contributed by atoms with van der Waals surface area (Å²) in [6.07, 6.45) is 4.86. The van der Waals surface area contributed by atoms with E-state index in [1.165, 1.54) is 5.69 Å². The van der Waals surface area contributed by atoms with Crippen molar-refractivity contribution in [2.45, 2.75) is 52.6 Å². The third-order valence-corrected chi connectivity index (χ3v) is 5.75. The number of rotatable bonds is 10. The molecule has 0 saturated carbocycles. The molecule has 1 aromatic heterocycles. The average molecular weight is 376 g/mol. The zero-order chi connectivity index (χ0) is 20.0. The molecule has 1 atom stereocenters. The van der Waals surface area contributed by atoms with Crippen LogP contribution in [0.3, 0.4) is 0 Å². The predicted molar refractivity (Wildman–Crippen MR) is 111 cm³/mol. The first-order chi connectivity index (χ1) is 13.0. The molecule has 27 heavy (non-hydrogen) atoms. The highest BCUT2D eigenvalue weighted by molar-refractivity contribution is 5.93. The third-order valence-electron chi connectivity index (χ3n) is 5.75. The second-order valence-corrected chi connectivity index (χ2v) is 7.50. The lowest BCUT2D eigenvalue weighted by molar-refractivity contribution is 0.0819. The van der Waals surface area contributed by atoms with Gasteiger partial charge in [0.15, 0.2) is 5.69 Å². The minimum Gasteiger partial charge on any atom is -0.343 e. The summed E-state index contributed by atoms with van der Waals surface area (Å²) in [7, 11) is 3.59. The first kappa shape index (κ1) is 21.6. The summed E-state index contributed by atoms with van der Waals surface area (Å²) in [5.74, 6) is 0.000835. The largest absolute Gasteiger partial charge is 0.343 e. The monoisotopic (exact) mass is 375 g/mol. The standard InChI is InChI=1S/C21H37N5O/c1-7-13-26-19-12-11-17(25(10-4)15-14-24(8-2)9-3)16-18(19)20(22-26)21(27)23(5)6/h7,17H,1,8-16H2,2-6H3/t17-/m0/s1. The molecule has 2 rings (SSSR count). The van der Waals surface area contributed by atoms with Crippen molar-refractivity contribution in [1.82, 2.24) is 24.5 Å². The number of allylic oxidation sites excluding steroid dienone is 1. The highest BCUT2D eigenvalue weighted by Gasteiger charge is 2.31. The first-order valence-electron chi connectivity index (χ1n) is 10.3. The first-order valence-corrected chi connectivity index (χ1v) is 10.3. The summed E-state index contributed by atoms with van der Waals surface area (Å²) >= 11 is 0. The normalized spacial score (nSPS) is 16.6. The van der Waals surface area contributed by atoms with Crippen LogP contribution in [0.15, 0.2) is 12.7 Å². The van der Waals surface area contributed by atoms with E-state index in [0.29, 0.717) is 18.3 Å². The Kier molecular flexibility index (Phi) is 8.05. The molecule has 0 aliphatic heterocycles. The molecule has 6 heteroatoms. The van der Waals surface area contributed by atoms with Crippen LogP contribution in [0, 0.1) is 0 Å². The minimum atomic E-state index is 0.000835. The van der Waals surface area contributed by atoms with Crippen LogP contribution in [0.2, 0.25) is 0 Å². The lowest BCUT2D eigenvalue weighted by Gasteiger charge is -2.35. The van der Waals surface area contributed by atoms with E-state index in [1.54, 1.807) is 19.0 Å². The number of hydrogen-bond acceptors (Lipinski definition) is 4. The molecule has 0 unspecified atom stereocenters. The van der Waals surface area contributed by atoms with Gasteiger partial charge in [0, 0.05) is 44.5 Å². The predicted octanol–water partition coefficient (Wildman–Crippen LogP) is 2.29. The summed E-state index contributed by atoms with van der Waals surface area (Å²) in [5.41, 5.74) is 2.99. The van der Waals surface area contributed by atoms with Crippen LogP contribution >= 0.6 is 0 Å². The van der Waals surface area contributed by atoms with E-state index in [2.05, 4.69) is 42.2 Å². The second kappa shape index (κ2) is 10.0. The van der Waals surface area contributed by atoms with Gasteiger partial charge in [0.1, 0.15) is 0 Å². The fourth-order valence-electron chi connectivity index (χ4n) is 4.05. The average Bonchev–Trinajstić information content (AvgIpc) is 3.03. The van der Waals surface area contributed by atoms with E-state index >= 15 is 0 Å². The molecule has 0 bridgehead atoms. The molecular formula is C21H37N5O. The summed E-state index contributed by atoms with van der Waals surface area (Å²) in [4.78, 5) is 19.4. The zero-order valence-corrected chi connectivity index (χ0v) is 17.9. The van der Waals surface area contributed by atoms with E-state index < -0.39 is 0 Å². The Bertz CT molecular complexity index is 633. The molecular weight excluding hydrogens is 338 g/mol. The molecule has 1 aliphatic rings. The molecule has 0 saturated heterocycles. The summed E-state index contributed by atoms with van der Waals surface area (Å²) in [5, 5.41) is 4.65. The van der Waals surface area contributed by atoms with Gasteiger partial charge < -0.3 is 9.80 Å². The molecule has 1 amide bonds. The van der Waals surface area contributed by atoms with E-state index in [1.807, 2.05) is 10.8 Å². The number of carbonyl (C=O) groups excluding carboxylic acids is 1. The van der Waals surface area contributed by atoms with Crippen LogP contribution in [0.25, 0.3) is 0 Å². The summed E-state index contributed by atoms with van der Waals surface area (Å²) in [6, 6.07) is 0.480. The molecule has 0 radical (unpaired) electrons. The Morgan fingerprint density at radius 3 is 2.48 bits per heavy atom. The molecule has 0 N–H and O–H groups in total. The van der Waals surface area contributed by atoms with Crippen LogP contribution in [-0.4, -0.2) is 83.2 Å². The van der Waals surface area contributed by atoms with Crippen molar-refractivity contribution in [3.05, 3.63) is 29.6 Å². The number of hydrogen-bond donors (Lipinski definition) is 0. The fraction of sp³-hybridized carbons (Fsp3) is 0.714. The molecule has 0 fully saturated rings. The number of likely N-dealkylation sites (N-methyl/N-ethyl adjacent to an activating group) is 2. The maximum atomic E-state index is 12.7. The van der Waals surface area contributed by atoms with Crippen molar-refractivity contribution in [2.75, 3.05) is 46.8 Å². The van der Waals surface area contributed by atoms with Crippen molar-refractivity contribution in [3.63, 3.8) is 0 Å². The molecule has 1 aliphatic carbocycles. The smallest absolute Gasteiger partial charge is 0.274 e. The molecule has 1 heterocycles. The van der Waals surface area contributed by atoms with Crippen molar-refractivity contribution in [3.8, 4) is 0 Å². The van der Waals surface area contributed by atoms with E-state index in [-0.39, 0.29) is 5.91 Å². The Balaban J connectivity index is 2.21. The van der Waals surface area contributed by atoms with Crippen molar-refractivity contribution < 1.29 is 4.79 Å². The highest BCUT2D eigenvalue weighted by atomic mass is 16.2. The van der Waals surface area contributed by atoms with Gasteiger partial charge in [-0.3, -0.25) is 14.4 Å². The lowest BCUT2D eigenvalue weighted by atomic mass is 9.90. The molecule has 0 spiro atoms. The lowest BCUT2D eigenvalue weighted by Crippen LogP contribution is -2.44. The molecule has 152 valence electrons. The van der Waals surface area contributed by atoms with Crippen LogP contribution in [0.4, 0.5) is 0 Å².